The first-order valence-electron chi connectivity index (χ1n) is 10.0. The first-order valence-corrected chi connectivity index (χ1v) is 10.8. The fraction of sp³-hybridized carbons (Fsp3) is 0.350. The molecule has 1 fully saturated rings. The van der Waals surface area contributed by atoms with Crippen molar-refractivity contribution in [2.45, 2.75) is 38.6 Å². The Labute approximate surface area is 176 Å². The molecule has 4 aromatic heterocycles. The summed E-state index contributed by atoms with van der Waals surface area (Å²) in [5, 5.41) is 11.5. The van der Waals surface area contributed by atoms with E-state index in [0.717, 1.165) is 52.5 Å². The minimum absolute atomic E-state index is 0.519. The molecule has 152 valence electrons. The van der Waals surface area contributed by atoms with Crippen molar-refractivity contribution in [3.63, 3.8) is 0 Å². The highest BCUT2D eigenvalue weighted by molar-refractivity contribution is 7.16. The largest absolute Gasteiger partial charge is 0.448 e. The van der Waals surface area contributed by atoms with Crippen LogP contribution in [0.2, 0.25) is 0 Å². The van der Waals surface area contributed by atoms with E-state index in [1.54, 1.807) is 23.8 Å². The minimum atomic E-state index is 0.519. The Morgan fingerprint density at radius 1 is 1.30 bits per heavy atom. The molecule has 0 unspecified atom stereocenters. The second-order valence-electron chi connectivity index (χ2n) is 7.69. The topological polar surface area (TPSA) is 109 Å². The van der Waals surface area contributed by atoms with Crippen LogP contribution in [0.25, 0.3) is 11.3 Å². The fourth-order valence-corrected chi connectivity index (χ4v) is 4.66. The monoisotopic (exact) mass is 420 g/mol. The molecule has 0 aromatic carbocycles. The summed E-state index contributed by atoms with van der Waals surface area (Å²) in [4.78, 5) is 21.7. The van der Waals surface area contributed by atoms with Crippen LogP contribution in [0.3, 0.4) is 0 Å². The standard InChI is InChI=1S/C20H20N8OS/c1-11-4-6-21-19(23-11)26-20-25-16-14-8-22-27-17(14)28(7-5-15(16)30-20)9-13-10-29-18(24-13)12-2-3-12/h4,6,8,10,12H,2-3,5,7,9H2,1H3,(H,22,27)(H,21,23,25,26). The van der Waals surface area contributed by atoms with E-state index in [0.29, 0.717) is 18.4 Å². The van der Waals surface area contributed by atoms with Gasteiger partial charge < -0.3 is 14.6 Å². The molecule has 0 saturated heterocycles. The van der Waals surface area contributed by atoms with E-state index < -0.39 is 0 Å². The Bertz CT molecular complexity index is 1210. The van der Waals surface area contributed by atoms with E-state index in [9.17, 15) is 0 Å². The minimum Gasteiger partial charge on any atom is -0.448 e. The van der Waals surface area contributed by atoms with Crippen LogP contribution in [0.15, 0.2) is 29.1 Å². The number of hydrogen-bond acceptors (Lipinski definition) is 9. The van der Waals surface area contributed by atoms with Crippen molar-refractivity contribution in [3.05, 3.63) is 46.9 Å². The van der Waals surface area contributed by atoms with Gasteiger partial charge in [0.25, 0.3) is 0 Å². The zero-order valence-electron chi connectivity index (χ0n) is 16.4. The third-order valence-corrected chi connectivity index (χ3v) is 6.39. The molecule has 10 heteroatoms. The molecule has 4 aromatic rings. The number of anilines is 3. The van der Waals surface area contributed by atoms with Crippen LogP contribution in [-0.2, 0) is 13.0 Å². The second kappa shape index (κ2) is 6.91. The summed E-state index contributed by atoms with van der Waals surface area (Å²) in [6, 6.07) is 1.87. The van der Waals surface area contributed by atoms with Crippen molar-refractivity contribution in [1.29, 1.82) is 0 Å². The predicted molar refractivity (Wildman–Crippen MR) is 113 cm³/mol. The summed E-state index contributed by atoms with van der Waals surface area (Å²) < 4.78 is 5.66. The third-order valence-electron chi connectivity index (χ3n) is 5.36. The summed E-state index contributed by atoms with van der Waals surface area (Å²) in [6.07, 6.45) is 8.63. The Morgan fingerprint density at radius 3 is 3.10 bits per heavy atom. The maximum Gasteiger partial charge on any atom is 0.229 e. The Balaban J connectivity index is 1.27. The Morgan fingerprint density at radius 2 is 2.23 bits per heavy atom. The number of aryl methyl sites for hydroxylation is 1. The summed E-state index contributed by atoms with van der Waals surface area (Å²) in [5.74, 6) is 2.92. The number of oxazole rings is 1. The normalized spacial score (nSPS) is 15.6. The molecule has 2 aliphatic rings. The van der Waals surface area contributed by atoms with Crippen molar-refractivity contribution in [2.24, 2.45) is 0 Å². The van der Waals surface area contributed by atoms with Crippen LogP contribution in [-0.4, -0.2) is 36.7 Å². The molecule has 2 N–H and O–H groups in total. The van der Waals surface area contributed by atoms with Crippen molar-refractivity contribution in [3.8, 4) is 11.3 Å². The number of aromatic nitrogens is 6. The van der Waals surface area contributed by atoms with Gasteiger partial charge in [0.05, 0.1) is 29.7 Å². The highest BCUT2D eigenvalue weighted by Gasteiger charge is 2.30. The van der Waals surface area contributed by atoms with Crippen LogP contribution in [0.5, 0.6) is 0 Å². The number of nitrogens with one attached hydrogen (secondary N) is 2. The molecule has 9 nitrogen and oxygen atoms in total. The maximum atomic E-state index is 5.66. The van der Waals surface area contributed by atoms with E-state index in [4.69, 9.17) is 9.40 Å². The number of aromatic amines is 1. The summed E-state index contributed by atoms with van der Waals surface area (Å²) >= 11 is 1.64. The molecule has 5 heterocycles. The molecular weight excluding hydrogens is 400 g/mol. The molecular formula is C20H20N8OS. The lowest BCUT2D eigenvalue weighted by Crippen LogP contribution is -2.25. The summed E-state index contributed by atoms with van der Waals surface area (Å²) in [5.41, 5.74) is 3.83. The average Bonchev–Trinajstić information content (AvgIpc) is 3.14. The number of hydrogen-bond donors (Lipinski definition) is 2. The molecule has 0 amide bonds. The van der Waals surface area contributed by atoms with E-state index in [-0.39, 0.29) is 0 Å². The summed E-state index contributed by atoms with van der Waals surface area (Å²) in [6.45, 7) is 3.47. The van der Waals surface area contributed by atoms with Crippen LogP contribution in [0.1, 0.15) is 40.9 Å². The van der Waals surface area contributed by atoms with Gasteiger partial charge in [-0.2, -0.15) is 5.10 Å². The maximum absolute atomic E-state index is 5.66. The first-order chi connectivity index (χ1) is 14.7. The van der Waals surface area contributed by atoms with Crippen molar-refractivity contribution >= 4 is 28.2 Å². The lowest BCUT2D eigenvalue weighted by molar-refractivity contribution is 0.497. The smallest absolute Gasteiger partial charge is 0.229 e. The van der Waals surface area contributed by atoms with Gasteiger partial charge in [0.15, 0.2) is 11.0 Å². The highest BCUT2D eigenvalue weighted by atomic mass is 32.1. The average molecular weight is 421 g/mol. The fourth-order valence-electron chi connectivity index (χ4n) is 3.70. The molecule has 0 radical (unpaired) electrons. The second-order valence-corrected chi connectivity index (χ2v) is 8.78. The number of rotatable bonds is 5. The lowest BCUT2D eigenvalue weighted by atomic mass is 10.2. The van der Waals surface area contributed by atoms with Crippen LogP contribution >= 0.6 is 11.3 Å². The van der Waals surface area contributed by atoms with Gasteiger partial charge in [0, 0.05) is 35.7 Å². The van der Waals surface area contributed by atoms with Crippen LogP contribution in [0, 0.1) is 6.92 Å². The molecule has 0 atom stereocenters. The molecule has 1 saturated carbocycles. The van der Waals surface area contributed by atoms with Crippen LogP contribution in [0.4, 0.5) is 16.9 Å². The molecule has 0 spiro atoms. The van der Waals surface area contributed by atoms with Gasteiger partial charge in [0.1, 0.15) is 12.1 Å². The zero-order valence-corrected chi connectivity index (χ0v) is 17.2. The van der Waals surface area contributed by atoms with Gasteiger partial charge in [-0.15, -0.1) is 11.3 Å². The molecule has 6 rings (SSSR count). The van der Waals surface area contributed by atoms with Crippen molar-refractivity contribution < 1.29 is 4.42 Å². The van der Waals surface area contributed by atoms with E-state index in [1.165, 1.54) is 17.7 Å². The number of H-pyrrole nitrogens is 1. The Kier molecular flexibility index (Phi) is 4.05. The number of nitrogens with zero attached hydrogens (tertiary/aromatic N) is 6. The van der Waals surface area contributed by atoms with Gasteiger partial charge in [-0.3, -0.25) is 5.10 Å². The van der Waals surface area contributed by atoms with Gasteiger partial charge in [0.2, 0.25) is 5.95 Å². The van der Waals surface area contributed by atoms with Gasteiger partial charge in [-0.1, -0.05) is 0 Å². The number of fused-ring (bicyclic) bond motifs is 3. The van der Waals surface area contributed by atoms with Gasteiger partial charge in [-0.25, -0.2) is 19.9 Å². The van der Waals surface area contributed by atoms with E-state index in [1.807, 2.05) is 19.2 Å². The van der Waals surface area contributed by atoms with Crippen molar-refractivity contribution in [2.75, 3.05) is 16.8 Å². The number of thiazole rings is 1. The third kappa shape index (κ3) is 3.22. The molecule has 30 heavy (non-hydrogen) atoms. The van der Waals surface area contributed by atoms with Crippen LogP contribution < -0.4 is 10.2 Å². The van der Waals surface area contributed by atoms with Crippen molar-refractivity contribution in [1.82, 2.24) is 30.1 Å². The van der Waals surface area contributed by atoms with Gasteiger partial charge >= 0.3 is 0 Å². The lowest BCUT2D eigenvalue weighted by Gasteiger charge is -2.20. The highest BCUT2D eigenvalue weighted by Crippen LogP contribution is 2.41. The SMILES string of the molecule is Cc1ccnc(Nc2nc3c(s2)CCN(Cc2coc(C4CC4)n2)c2[nH]ncc2-3)n1. The first kappa shape index (κ1) is 17.6. The molecule has 1 aliphatic carbocycles. The summed E-state index contributed by atoms with van der Waals surface area (Å²) in [7, 11) is 0. The predicted octanol–water partition coefficient (Wildman–Crippen LogP) is 3.80. The molecule has 0 bridgehead atoms. The van der Waals surface area contributed by atoms with E-state index in [2.05, 4.69) is 35.4 Å². The van der Waals surface area contributed by atoms with E-state index >= 15 is 0 Å². The van der Waals surface area contributed by atoms with Gasteiger partial charge in [-0.05, 0) is 25.8 Å². The molecule has 1 aliphatic heterocycles. The Hall–Kier alpha value is -3.27. The zero-order chi connectivity index (χ0) is 20.1. The quantitative estimate of drug-likeness (QED) is 0.502.